The van der Waals surface area contributed by atoms with Crippen LogP contribution < -0.4 is 0 Å². The molecule has 25 heavy (non-hydrogen) atoms. The van der Waals surface area contributed by atoms with Gasteiger partial charge in [-0.1, -0.05) is 53.0 Å². The summed E-state index contributed by atoms with van der Waals surface area (Å²) in [5.41, 5.74) is 2.39. The summed E-state index contributed by atoms with van der Waals surface area (Å²) in [7, 11) is 0. The van der Waals surface area contributed by atoms with Gasteiger partial charge in [-0.2, -0.15) is 0 Å². The van der Waals surface area contributed by atoms with Crippen LogP contribution in [-0.4, -0.2) is 17.6 Å². The van der Waals surface area contributed by atoms with Gasteiger partial charge in [0.25, 0.3) is 0 Å². The highest BCUT2D eigenvalue weighted by Gasteiger charge is 2.26. The van der Waals surface area contributed by atoms with Crippen molar-refractivity contribution >= 4 is 51.7 Å². The molecule has 0 aliphatic heterocycles. The van der Waals surface area contributed by atoms with Crippen LogP contribution >= 0.6 is 34.8 Å². The largest absolute Gasteiger partial charge is 0.461 e. The van der Waals surface area contributed by atoms with Crippen molar-refractivity contribution in [2.24, 2.45) is 0 Å². The van der Waals surface area contributed by atoms with Crippen LogP contribution in [0.3, 0.4) is 0 Å². The maximum Gasteiger partial charge on any atom is 0.355 e. The fourth-order valence-electron chi connectivity index (χ4n) is 2.90. The number of nitrogens with one attached hydrogen (secondary N) is 1. The third kappa shape index (κ3) is 3.37. The fraction of sp³-hybridized carbons (Fsp3) is 0.158. The SMILES string of the molecule is [CH2]C(c1ccccc1Cl)c1c(C(=O)OCC)[nH]c2cc(Cl)cc(Cl)c12. The Morgan fingerprint density at radius 1 is 1.20 bits per heavy atom. The van der Waals surface area contributed by atoms with Gasteiger partial charge in [0, 0.05) is 32.4 Å². The molecular weight excluding hydrogens is 381 g/mol. The number of aromatic nitrogens is 1. The Morgan fingerprint density at radius 2 is 1.92 bits per heavy atom. The van der Waals surface area contributed by atoms with Crippen LogP contribution in [0.25, 0.3) is 10.9 Å². The van der Waals surface area contributed by atoms with Gasteiger partial charge in [0.2, 0.25) is 0 Å². The van der Waals surface area contributed by atoms with Crippen molar-refractivity contribution in [3.05, 3.63) is 75.2 Å². The lowest BCUT2D eigenvalue weighted by atomic mass is 9.90. The summed E-state index contributed by atoms with van der Waals surface area (Å²) in [4.78, 5) is 15.5. The Bertz CT molecular complexity index is 949. The second-order valence-electron chi connectivity index (χ2n) is 5.52. The van der Waals surface area contributed by atoms with Crippen molar-refractivity contribution in [3.8, 4) is 0 Å². The summed E-state index contributed by atoms with van der Waals surface area (Å²) in [6.45, 7) is 6.23. The van der Waals surface area contributed by atoms with Gasteiger partial charge in [-0.05, 0) is 37.6 Å². The van der Waals surface area contributed by atoms with Crippen molar-refractivity contribution in [2.45, 2.75) is 12.8 Å². The third-order valence-electron chi connectivity index (χ3n) is 3.96. The Hall–Kier alpha value is -1.68. The molecule has 3 aromatic rings. The smallest absolute Gasteiger partial charge is 0.355 e. The second-order valence-corrected chi connectivity index (χ2v) is 6.77. The zero-order valence-electron chi connectivity index (χ0n) is 13.4. The highest BCUT2D eigenvalue weighted by molar-refractivity contribution is 6.39. The zero-order valence-corrected chi connectivity index (χ0v) is 15.7. The molecule has 3 nitrogen and oxygen atoms in total. The van der Waals surface area contributed by atoms with Crippen LogP contribution in [0.2, 0.25) is 15.1 Å². The Labute approximate surface area is 160 Å². The number of hydrogen-bond donors (Lipinski definition) is 1. The van der Waals surface area contributed by atoms with Crippen molar-refractivity contribution in [1.29, 1.82) is 0 Å². The summed E-state index contributed by atoms with van der Waals surface area (Å²) in [6.07, 6.45) is 0. The predicted octanol–water partition coefficient (Wildman–Crippen LogP) is 6.27. The maximum atomic E-state index is 12.5. The molecule has 0 aliphatic carbocycles. The van der Waals surface area contributed by atoms with Crippen molar-refractivity contribution in [1.82, 2.24) is 4.98 Å². The number of benzene rings is 2. The monoisotopic (exact) mass is 394 g/mol. The van der Waals surface area contributed by atoms with Gasteiger partial charge in [-0.15, -0.1) is 0 Å². The van der Waals surface area contributed by atoms with E-state index in [1.54, 1.807) is 25.1 Å². The molecule has 1 radical (unpaired) electrons. The first kappa shape index (κ1) is 18.1. The molecule has 129 valence electrons. The lowest BCUT2D eigenvalue weighted by molar-refractivity contribution is 0.0519. The topological polar surface area (TPSA) is 42.1 Å². The molecule has 6 heteroatoms. The van der Waals surface area contributed by atoms with Gasteiger partial charge in [0.15, 0.2) is 0 Å². The lowest BCUT2D eigenvalue weighted by Crippen LogP contribution is -2.10. The minimum Gasteiger partial charge on any atom is -0.461 e. The molecule has 0 aliphatic rings. The molecule has 2 aromatic carbocycles. The molecule has 1 aromatic heterocycles. The molecule has 1 unspecified atom stereocenters. The molecule has 0 saturated heterocycles. The van der Waals surface area contributed by atoms with E-state index in [-0.39, 0.29) is 6.61 Å². The van der Waals surface area contributed by atoms with E-state index >= 15 is 0 Å². The Morgan fingerprint density at radius 3 is 2.60 bits per heavy atom. The van der Waals surface area contributed by atoms with Gasteiger partial charge in [-0.25, -0.2) is 4.79 Å². The summed E-state index contributed by atoms with van der Waals surface area (Å²) >= 11 is 18.8. The number of aromatic amines is 1. The zero-order chi connectivity index (χ0) is 18.1. The number of rotatable bonds is 4. The quantitative estimate of drug-likeness (QED) is 0.529. The molecule has 3 rings (SSSR count). The van der Waals surface area contributed by atoms with Crippen LogP contribution in [0.1, 0.15) is 34.5 Å². The average molecular weight is 396 g/mol. The number of ether oxygens (including phenoxy) is 1. The lowest BCUT2D eigenvalue weighted by Gasteiger charge is -2.15. The second kappa shape index (κ2) is 7.28. The molecular formula is C19H15Cl3NO2. The third-order valence-corrected chi connectivity index (χ3v) is 4.82. The van der Waals surface area contributed by atoms with Crippen molar-refractivity contribution in [3.63, 3.8) is 0 Å². The highest BCUT2D eigenvalue weighted by atomic mass is 35.5. The molecule has 1 atom stereocenters. The molecule has 0 spiro atoms. The van der Waals surface area contributed by atoms with Gasteiger partial charge in [0.05, 0.1) is 11.6 Å². The summed E-state index contributed by atoms with van der Waals surface area (Å²) in [5.74, 6) is -0.887. The van der Waals surface area contributed by atoms with Crippen LogP contribution in [0.4, 0.5) is 0 Å². The van der Waals surface area contributed by atoms with Crippen molar-refractivity contribution in [2.75, 3.05) is 6.61 Å². The number of hydrogen-bond acceptors (Lipinski definition) is 2. The molecule has 1 N–H and O–H groups in total. The normalized spacial score (nSPS) is 12.4. The molecule has 0 fully saturated rings. The number of carbonyl (C=O) groups is 1. The van der Waals surface area contributed by atoms with Crippen LogP contribution in [0.5, 0.6) is 0 Å². The first-order valence-corrected chi connectivity index (χ1v) is 8.82. The Balaban J connectivity index is 2.29. The van der Waals surface area contributed by atoms with E-state index in [1.165, 1.54) is 0 Å². The summed E-state index contributed by atoms with van der Waals surface area (Å²) < 4.78 is 5.18. The van der Waals surface area contributed by atoms with E-state index in [1.807, 2.05) is 18.2 Å². The Kier molecular flexibility index (Phi) is 5.28. The van der Waals surface area contributed by atoms with Gasteiger partial charge in [0.1, 0.15) is 5.69 Å². The van der Waals surface area contributed by atoms with Crippen LogP contribution in [0.15, 0.2) is 36.4 Å². The van der Waals surface area contributed by atoms with Crippen molar-refractivity contribution < 1.29 is 9.53 Å². The first-order valence-electron chi connectivity index (χ1n) is 7.69. The van der Waals surface area contributed by atoms with E-state index < -0.39 is 11.9 Å². The number of esters is 1. The number of halogens is 3. The van der Waals surface area contributed by atoms with E-state index in [2.05, 4.69) is 11.9 Å². The van der Waals surface area contributed by atoms with Gasteiger partial charge >= 0.3 is 5.97 Å². The molecule has 0 amide bonds. The minimum atomic E-state index is -0.471. The first-order chi connectivity index (χ1) is 11.9. The molecule has 0 saturated carbocycles. The minimum absolute atomic E-state index is 0.260. The highest BCUT2D eigenvalue weighted by Crippen LogP contribution is 2.40. The van der Waals surface area contributed by atoms with Crippen LogP contribution in [0, 0.1) is 6.92 Å². The van der Waals surface area contributed by atoms with Gasteiger partial charge < -0.3 is 9.72 Å². The van der Waals surface area contributed by atoms with E-state index in [9.17, 15) is 4.79 Å². The summed E-state index contributed by atoms with van der Waals surface area (Å²) in [6, 6.07) is 10.7. The van der Waals surface area contributed by atoms with E-state index in [0.717, 1.165) is 5.56 Å². The van der Waals surface area contributed by atoms with Gasteiger partial charge in [-0.3, -0.25) is 0 Å². The molecule has 0 bridgehead atoms. The standard InChI is InChI=1S/C19H15Cl3NO2/c1-3-25-19(24)18-16(10(2)12-6-4-5-7-13(12)21)17-14(22)8-11(20)9-15(17)23-18/h4-10,23H,2-3H2,1H3. The number of fused-ring (bicyclic) bond motifs is 1. The van der Waals surface area contributed by atoms with Crippen LogP contribution in [-0.2, 0) is 4.74 Å². The summed E-state index contributed by atoms with van der Waals surface area (Å²) in [5, 5.41) is 2.16. The maximum absolute atomic E-state index is 12.5. The number of H-pyrrole nitrogens is 1. The fourth-order valence-corrected chi connectivity index (χ4v) is 3.76. The predicted molar refractivity (Wildman–Crippen MR) is 103 cm³/mol. The average Bonchev–Trinajstić information content (AvgIpc) is 2.94. The van der Waals surface area contributed by atoms with E-state index in [4.69, 9.17) is 39.5 Å². The van der Waals surface area contributed by atoms with E-state index in [0.29, 0.717) is 37.2 Å². The molecule has 1 heterocycles. The number of carbonyl (C=O) groups excluding carboxylic acids is 1.